The summed E-state index contributed by atoms with van der Waals surface area (Å²) in [6.45, 7) is 2.59. The molecule has 0 aromatic heterocycles. The van der Waals surface area contributed by atoms with E-state index in [1.54, 1.807) is 0 Å². The highest BCUT2D eigenvalue weighted by molar-refractivity contribution is 7.94. The van der Waals surface area contributed by atoms with Gasteiger partial charge in [0.2, 0.25) is 0 Å². The third kappa shape index (κ3) is 3.82. The highest BCUT2D eigenvalue weighted by Gasteiger charge is 2.42. The van der Waals surface area contributed by atoms with Crippen molar-refractivity contribution in [2.45, 2.75) is 37.0 Å². The second-order valence-electron chi connectivity index (χ2n) is 4.33. The number of benzene rings is 1. The lowest BCUT2D eigenvalue weighted by Crippen LogP contribution is -2.18. The molecule has 0 N–H and O–H groups in total. The second-order valence-corrected chi connectivity index (χ2v) is 5.30. The molecule has 0 saturated carbocycles. The molecule has 114 valence electrons. The van der Waals surface area contributed by atoms with E-state index < -0.39 is 35.0 Å². The summed E-state index contributed by atoms with van der Waals surface area (Å²) < 4.78 is 82.4. The topological polar surface area (TPSA) is 9.23 Å². The molecular formula is C12H12F6OS. The average molecular weight is 318 g/mol. The van der Waals surface area contributed by atoms with Gasteiger partial charge in [-0.05, 0) is 23.6 Å². The zero-order valence-corrected chi connectivity index (χ0v) is 11.6. The minimum atomic E-state index is -4.86. The lowest BCUT2D eigenvalue weighted by Gasteiger charge is -2.22. The van der Waals surface area contributed by atoms with Gasteiger partial charge in [-0.25, -0.2) is 0 Å². The van der Waals surface area contributed by atoms with Crippen LogP contribution in [0.3, 0.4) is 0 Å². The van der Waals surface area contributed by atoms with E-state index in [4.69, 9.17) is 0 Å². The summed E-state index contributed by atoms with van der Waals surface area (Å²) in [5.74, 6) is -0.912. The van der Waals surface area contributed by atoms with E-state index in [0.29, 0.717) is 24.2 Å². The molecule has 0 amide bonds. The van der Waals surface area contributed by atoms with Crippen molar-refractivity contribution in [2.24, 2.45) is 0 Å². The van der Waals surface area contributed by atoms with Gasteiger partial charge in [-0.15, -0.1) is 0 Å². The summed E-state index contributed by atoms with van der Waals surface area (Å²) in [6.07, 6.45) is -9.71. The van der Waals surface area contributed by atoms with Crippen molar-refractivity contribution in [3.63, 3.8) is 0 Å². The molecule has 0 saturated heterocycles. The highest BCUT2D eigenvalue weighted by atomic mass is 32.2. The van der Waals surface area contributed by atoms with Crippen LogP contribution in [0.15, 0.2) is 17.0 Å². The third-order valence-corrected chi connectivity index (χ3v) is 3.12. The van der Waals surface area contributed by atoms with Crippen molar-refractivity contribution in [3.8, 4) is 0 Å². The van der Waals surface area contributed by atoms with Crippen LogP contribution >= 0.6 is 12.0 Å². The Kier molecular flexibility index (Phi) is 5.02. The van der Waals surface area contributed by atoms with Crippen LogP contribution in [-0.2, 0) is 16.5 Å². The molecule has 1 rings (SSSR count). The molecule has 0 spiro atoms. The molecule has 20 heavy (non-hydrogen) atoms. The van der Waals surface area contributed by atoms with Crippen LogP contribution in [-0.4, -0.2) is 7.11 Å². The second kappa shape index (κ2) is 5.85. The van der Waals surface area contributed by atoms with Crippen molar-refractivity contribution in [1.29, 1.82) is 0 Å². The monoisotopic (exact) mass is 318 g/mol. The fraction of sp³-hybridized carbons (Fsp3) is 0.500. The van der Waals surface area contributed by atoms with E-state index >= 15 is 0 Å². The minimum Gasteiger partial charge on any atom is -0.314 e. The van der Waals surface area contributed by atoms with Crippen molar-refractivity contribution >= 4 is 12.0 Å². The Morgan fingerprint density at radius 2 is 1.35 bits per heavy atom. The Hall–Kier alpha value is -0.890. The average Bonchev–Trinajstić information content (AvgIpc) is 2.25. The maximum Gasteiger partial charge on any atom is 0.416 e. The first kappa shape index (κ1) is 17.2. The van der Waals surface area contributed by atoms with Gasteiger partial charge >= 0.3 is 12.4 Å². The van der Waals surface area contributed by atoms with Crippen LogP contribution in [0.5, 0.6) is 0 Å². The van der Waals surface area contributed by atoms with Crippen molar-refractivity contribution < 1.29 is 30.5 Å². The molecule has 0 atom stereocenters. The summed E-state index contributed by atoms with van der Waals surface area (Å²) in [5, 5.41) is 0. The van der Waals surface area contributed by atoms with Gasteiger partial charge in [0, 0.05) is 16.9 Å². The molecule has 0 fully saturated rings. The van der Waals surface area contributed by atoms with Crippen molar-refractivity contribution in [2.75, 3.05) is 7.11 Å². The van der Waals surface area contributed by atoms with Crippen LogP contribution in [0.1, 0.15) is 36.5 Å². The Morgan fingerprint density at radius 3 is 1.60 bits per heavy atom. The number of hydrogen-bond acceptors (Lipinski definition) is 2. The number of rotatable bonds is 3. The summed E-state index contributed by atoms with van der Waals surface area (Å²) in [5.41, 5.74) is -3.30. The Balaban J connectivity index is 3.67. The predicted octanol–water partition coefficient (Wildman–Crippen LogP) is 5.50. The number of halogens is 6. The zero-order valence-electron chi connectivity index (χ0n) is 10.8. The first-order valence-corrected chi connectivity index (χ1v) is 6.25. The molecule has 1 nitrogen and oxygen atoms in total. The largest absolute Gasteiger partial charge is 0.416 e. The molecule has 0 heterocycles. The molecule has 1 aromatic rings. The van der Waals surface area contributed by atoms with E-state index in [0.717, 1.165) is 0 Å². The van der Waals surface area contributed by atoms with E-state index in [1.165, 1.54) is 21.0 Å². The highest BCUT2D eigenvalue weighted by Crippen LogP contribution is 2.44. The number of hydrogen-bond donors (Lipinski definition) is 0. The normalized spacial score (nSPS) is 13.1. The summed E-state index contributed by atoms with van der Waals surface area (Å²) in [4.78, 5) is -0.239. The molecule has 0 unspecified atom stereocenters. The fourth-order valence-corrected chi connectivity index (χ4v) is 2.39. The van der Waals surface area contributed by atoms with E-state index in [-0.39, 0.29) is 4.90 Å². The van der Waals surface area contributed by atoms with E-state index in [2.05, 4.69) is 4.18 Å². The molecule has 0 aliphatic rings. The Bertz CT molecular complexity index is 443. The lowest BCUT2D eigenvalue weighted by atomic mass is 9.91. The molecule has 8 heteroatoms. The summed E-state index contributed by atoms with van der Waals surface area (Å²) >= 11 is 0.456. The molecular weight excluding hydrogens is 306 g/mol. The van der Waals surface area contributed by atoms with Gasteiger partial charge in [-0.3, -0.25) is 0 Å². The van der Waals surface area contributed by atoms with E-state index in [9.17, 15) is 26.3 Å². The lowest BCUT2D eigenvalue weighted by molar-refractivity contribution is -0.144. The van der Waals surface area contributed by atoms with Crippen LogP contribution in [0.4, 0.5) is 26.3 Å². The van der Waals surface area contributed by atoms with Gasteiger partial charge in [-0.2, -0.15) is 26.3 Å². The van der Waals surface area contributed by atoms with Crippen LogP contribution in [0, 0.1) is 0 Å². The van der Waals surface area contributed by atoms with Crippen molar-refractivity contribution in [1.82, 2.24) is 0 Å². The first-order valence-electron chi connectivity index (χ1n) is 5.51. The SMILES string of the molecule is COSc1cc(C(F)(F)F)c(C(C)C)c(C(F)(F)F)c1. The predicted molar refractivity (Wildman–Crippen MR) is 63.4 cm³/mol. The van der Waals surface area contributed by atoms with Gasteiger partial charge in [0.1, 0.15) is 0 Å². The van der Waals surface area contributed by atoms with Gasteiger partial charge in [-0.1, -0.05) is 13.8 Å². The van der Waals surface area contributed by atoms with Gasteiger partial charge in [0.25, 0.3) is 0 Å². The maximum atomic E-state index is 13.0. The smallest absolute Gasteiger partial charge is 0.314 e. The molecule has 0 radical (unpaired) electrons. The minimum absolute atomic E-state index is 0.239. The number of alkyl halides is 6. The van der Waals surface area contributed by atoms with Crippen molar-refractivity contribution in [3.05, 3.63) is 28.8 Å². The Morgan fingerprint density at radius 1 is 0.950 bits per heavy atom. The van der Waals surface area contributed by atoms with E-state index in [1.807, 2.05) is 0 Å². The maximum absolute atomic E-state index is 13.0. The fourth-order valence-electron chi connectivity index (χ4n) is 1.86. The molecule has 0 aliphatic heterocycles. The Labute approximate surface area is 116 Å². The third-order valence-electron chi connectivity index (χ3n) is 2.52. The summed E-state index contributed by atoms with van der Waals surface area (Å²) in [6, 6.07) is 1.36. The molecule has 1 aromatic carbocycles. The zero-order chi connectivity index (χ0) is 15.7. The van der Waals surface area contributed by atoms with Crippen LogP contribution in [0.25, 0.3) is 0 Å². The first-order chi connectivity index (χ1) is 8.98. The quantitative estimate of drug-likeness (QED) is 0.537. The van der Waals surface area contributed by atoms with Gasteiger partial charge in [0.05, 0.1) is 18.2 Å². The van der Waals surface area contributed by atoms with Crippen LogP contribution in [0.2, 0.25) is 0 Å². The summed E-state index contributed by atoms with van der Waals surface area (Å²) in [7, 11) is 1.17. The van der Waals surface area contributed by atoms with Gasteiger partial charge in [0.15, 0.2) is 0 Å². The van der Waals surface area contributed by atoms with Crippen LogP contribution < -0.4 is 0 Å². The standard InChI is InChI=1S/C12H12F6OS/c1-6(2)10-8(11(13,14)15)4-7(20-19-3)5-9(10)12(16,17)18/h4-6H,1-3H3. The molecule has 0 aliphatic carbocycles. The molecule has 0 bridgehead atoms. The van der Waals surface area contributed by atoms with Gasteiger partial charge < -0.3 is 4.18 Å².